The normalized spacial score (nSPS) is 10.1. The molecule has 0 saturated carbocycles. The second-order valence-electron chi connectivity index (χ2n) is 3.70. The molecule has 1 heterocycles. The Morgan fingerprint density at radius 3 is 0.818 bits per heavy atom. The first kappa shape index (κ1) is 20.1. The molecule has 0 unspecified atom stereocenters. The summed E-state index contributed by atoms with van der Waals surface area (Å²) in [5, 5.41) is 54.6. The van der Waals surface area contributed by atoms with E-state index in [0.29, 0.717) is 0 Å². The molecule has 128 valence electrons. The van der Waals surface area contributed by atoms with Crippen LogP contribution in [0.25, 0.3) is 0 Å². The van der Waals surface area contributed by atoms with Gasteiger partial charge < -0.3 is 36.1 Å². The second-order valence-corrected chi connectivity index (χ2v) is 3.70. The Labute approximate surface area is 125 Å². The smallest absolute Gasteiger partial charge is 0.235 e. The fraction of sp³-hybridized carbons (Fsp3) is 0.667. The van der Waals surface area contributed by atoms with Crippen molar-refractivity contribution in [1.29, 1.82) is 0 Å². The van der Waals surface area contributed by atoms with Crippen LogP contribution in [0.4, 0.5) is 17.8 Å². The Morgan fingerprint density at radius 1 is 0.500 bits per heavy atom. The van der Waals surface area contributed by atoms with E-state index in [-0.39, 0.29) is 23.3 Å². The van der Waals surface area contributed by atoms with Crippen LogP contribution in [-0.4, -0.2) is 91.5 Å². The van der Waals surface area contributed by atoms with Crippen molar-refractivity contribution < 1.29 is 36.1 Å². The first-order valence-electron chi connectivity index (χ1n) is 5.81. The van der Waals surface area contributed by atoms with Crippen molar-refractivity contribution in [2.45, 2.75) is 0 Å². The third kappa shape index (κ3) is 4.57. The summed E-state index contributed by atoms with van der Waals surface area (Å²) in [5.41, 5.74) is 0. The molecular weight excluding hydrogens is 304 g/mol. The summed E-state index contributed by atoms with van der Waals surface area (Å²) in [6, 6.07) is 0. The highest BCUT2D eigenvalue weighted by Gasteiger charge is 2.18. The number of aromatic nitrogens is 3. The molecule has 0 aromatic carbocycles. The number of anilines is 3. The Hall–Kier alpha value is -1.87. The predicted octanol–water partition coefficient (Wildman–Crippen LogP) is -4.84. The molecule has 0 aliphatic carbocycles. The molecule has 0 aliphatic rings. The molecule has 1 aromatic heterocycles. The first-order valence-corrected chi connectivity index (χ1v) is 5.81. The van der Waals surface area contributed by atoms with Gasteiger partial charge in [-0.15, -0.1) is 0 Å². The van der Waals surface area contributed by atoms with E-state index in [4.69, 9.17) is 30.6 Å². The maximum Gasteiger partial charge on any atom is 0.235 e. The molecule has 8 N–H and O–H groups in total. The van der Waals surface area contributed by atoms with Gasteiger partial charge in [-0.05, 0) is 0 Å². The van der Waals surface area contributed by atoms with Crippen LogP contribution in [0.2, 0.25) is 0 Å². The molecule has 0 aliphatic heterocycles. The van der Waals surface area contributed by atoms with Gasteiger partial charge in [0.05, 0.1) is 0 Å². The standard InChI is InChI=1S/C9H18N6O6.H2O/c16-1-13(2-17)7-10-8(14(3-18)4-19)12-9(11-7)15(5-20)6-21;/h16-21H,1-6H2;1H2. The van der Waals surface area contributed by atoms with Crippen LogP contribution in [0.15, 0.2) is 0 Å². The minimum Gasteiger partial charge on any atom is -0.412 e. The molecule has 1 aromatic rings. The summed E-state index contributed by atoms with van der Waals surface area (Å²) < 4.78 is 0. The zero-order valence-electron chi connectivity index (χ0n) is 11.6. The van der Waals surface area contributed by atoms with Crippen molar-refractivity contribution in [3.05, 3.63) is 0 Å². The average molecular weight is 324 g/mol. The molecule has 13 heteroatoms. The lowest BCUT2D eigenvalue weighted by molar-refractivity contribution is 0.214. The fourth-order valence-electron chi connectivity index (χ4n) is 1.28. The van der Waals surface area contributed by atoms with E-state index >= 15 is 0 Å². The maximum absolute atomic E-state index is 9.11. The Kier molecular flexibility index (Phi) is 9.11. The average Bonchev–Trinajstić information content (AvgIpc) is 2.51. The van der Waals surface area contributed by atoms with Gasteiger partial charge >= 0.3 is 0 Å². The largest absolute Gasteiger partial charge is 0.412 e. The third-order valence-electron chi connectivity index (χ3n) is 2.47. The van der Waals surface area contributed by atoms with Crippen molar-refractivity contribution in [2.75, 3.05) is 55.1 Å². The van der Waals surface area contributed by atoms with E-state index < -0.39 is 40.4 Å². The molecular formula is C9H20N6O7. The van der Waals surface area contributed by atoms with Crippen LogP contribution < -0.4 is 14.7 Å². The quantitative estimate of drug-likeness (QED) is 0.237. The van der Waals surface area contributed by atoms with E-state index in [1.165, 1.54) is 0 Å². The summed E-state index contributed by atoms with van der Waals surface area (Å²) in [6.07, 6.45) is 0. The van der Waals surface area contributed by atoms with Gasteiger partial charge in [-0.25, -0.2) is 0 Å². The molecule has 0 atom stereocenters. The predicted molar refractivity (Wildman–Crippen MR) is 73.4 cm³/mol. The summed E-state index contributed by atoms with van der Waals surface area (Å²) in [7, 11) is 0. The SMILES string of the molecule is O.OCN(CO)c1nc(N(CO)CO)nc(N(CO)CO)n1. The summed E-state index contributed by atoms with van der Waals surface area (Å²) >= 11 is 0. The highest BCUT2D eigenvalue weighted by Crippen LogP contribution is 2.17. The Morgan fingerprint density at radius 2 is 0.682 bits per heavy atom. The summed E-state index contributed by atoms with van der Waals surface area (Å²) in [4.78, 5) is 14.5. The van der Waals surface area contributed by atoms with Crippen LogP contribution in [-0.2, 0) is 0 Å². The van der Waals surface area contributed by atoms with Crippen molar-refractivity contribution in [3.8, 4) is 0 Å². The van der Waals surface area contributed by atoms with Gasteiger partial charge in [-0.3, -0.25) is 14.7 Å². The van der Waals surface area contributed by atoms with Gasteiger partial charge in [-0.2, -0.15) is 15.0 Å². The Balaban J connectivity index is 0.00000441. The van der Waals surface area contributed by atoms with E-state index in [2.05, 4.69) is 15.0 Å². The van der Waals surface area contributed by atoms with Crippen LogP contribution in [0, 0.1) is 0 Å². The van der Waals surface area contributed by atoms with Crippen LogP contribution >= 0.6 is 0 Å². The van der Waals surface area contributed by atoms with Crippen LogP contribution in [0.5, 0.6) is 0 Å². The van der Waals surface area contributed by atoms with Crippen molar-refractivity contribution >= 4 is 17.8 Å². The van der Waals surface area contributed by atoms with Crippen molar-refractivity contribution in [2.24, 2.45) is 0 Å². The minimum absolute atomic E-state index is 0. The minimum atomic E-state index is -0.601. The highest BCUT2D eigenvalue weighted by atomic mass is 16.3. The van der Waals surface area contributed by atoms with Crippen molar-refractivity contribution in [1.82, 2.24) is 15.0 Å². The van der Waals surface area contributed by atoms with E-state index in [0.717, 1.165) is 14.7 Å². The monoisotopic (exact) mass is 324 g/mol. The van der Waals surface area contributed by atoms with Gasteiger partial charge in [0.25, 0.3) is 0 Å². The van der Waals surface area contributed by atoms with Crippen LogP contribution in [0.1, 0.15) is 0 Å². The lowest BCUT2D eigenvalue weighted by Gasteiger charge is -2.24. The lowest BCUT2D eigenvalue weighted by Crippen LogP contribution is -2.34. The molecule has 0 radical (unpaired) electrons. The van der Waals surface area contributed by atoms with Gasteiger partial charge in [0.2, 0.25) is 17.8 Å². The summed E-state index contributed by atoms with van der Waals surface area (Å²) in [6.45, 7) is -3.61. The number of rotatable bonds is 9. The van der Waals surface area contributed by atoms with Gasteiger partial charge in [-0.1, -0.05) is 0 Å². The van der Waals surface area contributed by atoms with Crippen molar-refractivity contribution in [3.63, 3.8) is 0 Å². The van der Waals surface area contributed by atoms with E-state index in [1.54, 1.807) is 0 Å². The second kappa shape index (κ2) is 9.96. The molecule has 0 spiro atoms. The number of hydrogen-bond acceptors (Lipinski definition) is 12. The topological polar surface area (TPSA) is 201 Å². The molecule has 22 heavy (non-hydrogen) atoms. The third-order valence-corrected chi connectivity index (χ3v) is 2.47. The highest BCUT2D eigenvalue weighted by molar-refractivity contribution is 5.45. The zero-order chi connectivity index (χ0) is 15.8. The maximum atomic E-state index is 9.11. The Bertz CT molecular complexity index is 353. The van der Waals surface area contributed by atoms with E-state index in [9.17, 15) is 0 Å². The number of nitrogens with zero attached hydrogens (tertiary/aromatic N) is 6. The molecule has 1 rings (SSSR count). The molecule has 0 saturated heterocycles. The zero-order valence-corrected chi connectivity index (χ0v) is 11.6. The number of aliphatic hydroxyl groups is 6. The fourth-order valence-corrected chi connectivity index (χ4v) is 1.28. The van der Waals surface area contributed by atoms with Crippen LogP contribution in [0.3, 0.4) is 0 Å². The lowest BCUT2D eigenvalue weighted by atomic mass is 10.6. The number of aliphatic hydroxyl groups excluding tert-OH is 6. The number of hydrogen-bond donors (Lipinski definition) is 6. The van der Waals surface area contributed by atoms with E-state index in [1.807, 2.05) is 0 Å². The molecule has 0 bridgehead atoms. The first-order chi connectivity index (χ1) is 10.1. The van der Waals surface area contributed by atoms with Gasteiger partial charge in [0.1, 0.15) is 40.4 Å². The molecule has 13 nitrogen and oxygen atoms in total. The molecule has 0 fully saturated rings. The molecule has 0 amide bonds. The summed E-state index contributed by atoms with van der Waals surface area (Å²) in [5.74, 6) is -0.503. The van der Waals surface area contributed by atoms with Gasteiger partial charge in [0.15, 0.2) is 0 Å². The van der Waals surface area contributed by atoms with Gasteiger partial charge in [0, 0.05) is 0 Å².